The van der Waals surface area contributed by atoms with Gasteiger partial charge in [-0.15, -0.1) is 11.3 Å². The van der Waals surface area contributed by atoms with Crippen LogP contribution in [0.1, 0.15) is 16.1 Å². The zero-order valence-corrected chi connectivity index (χ0v) is 16.0. The lowest BCUT2D eigenvalue weighted by Gasteiger charge is -2.17. The molecule has 0 aliphatic carbocycles. The second-order valence-electron chi connectivity index (χ2n) is 6.36. The van der Waals surface area contributed by atoms with Crippen LogP contribution in [0.2, 0.25) is 0 Å². The van der Waals surface area contributed by atoms with Crippen LogP contribution in [0, 0.1) is 0 Å². The quantitative estimate of drug-likeness (QED) is 0.841. The number of benzene rings is 1. The first-order chi connectivity index (χ1) is 12.3. The second-order valence-corrected chi connectivity index (χ2v) is 9.67. The van der Waals surface area contributed by atoms with Crippen molar-refractivity contribution in [3.8, 4) is 10.4 Å². The lowest BCUT2D eigenvalue weighted by Crippen LogP contribution is -2.43. The average molecular weight is 393 g/mol. The van der Waals surface area contributed by atoms with E-state index in [9.17, 15) is 18.0 Å². The second kappa shape index (κ2) is 7.59. The van der Waals surface area contributed by atoms with E-state index in [1.165, 1.54) is 16.2 Å². The van der Waals surface area contributed by atoms with Crippen LogP contribution in [0.25, 0.3) is 10.4 Å². The molecule has 26 heavy (non-hydrogen) atoms. The molecule has 138 valence electrons. The van der Waals surface area contributed by atoms with E-state index in [0.29, 0.717) is 11.3 Å². The Morgan fingerprint density at radius 2 is 1.92 bits per heavy atom. The van der Waals surface area contributed by atoms with Crippen molar-refractivity contribution in [2.75, 3.05) is 25.1 Å². The molecule has 1 aromatic heterocycles. The molecule has 6 nitrogen and oxygen atoms in total. The number of hydrogen-bond donors (Lipinski definition) is 1. The number of nitrogens with one attached hydrogen (secondary N) is 1. The number of nitrogens with zero attached hydrogens (tertiary/aromatic N) is 1. The van der Waals surface area contributed by atoms with E-state index in [0.717, 1.165) is 10.4 Å². The highest BCUT2D eigenvalue weighted by atomic mass is 32.2. The Kier molecular flexibility index (Phi) is 5.43. The van der Waals surface area contributed by atoms with Gasteiger partial charge in [0.15, 0.2) is 9.84 Å². The van der Waals surface area contributed by atoms with Crippen LogP contribution in [0.15, 0.2) is 42.5 Å². The zero-order valence-electron chi connectivity index (χ0n) is 14.3. The summed E-state index contributed by atoms with van der Waals surface area (Å²) >= 11 is 1.38. The monoisotopic (exact) mass is 392 g/mol. The van der Waals surface area contributed by atoms with Crippen molar-refractivity contribution in [1.82, 2.24) is 10.2 Å². The molecule has 0 saturated carbocycles. The molecule has 0 radical (unpaired) electrons. The number of sulfone groups is 1. The lowest BCUT2D eigenvalue weighted by atomic mass is 10.2. The van der Waals surface area contributed by atoms with E-state index in [1.54, 1.807) is 13.1 Å². The minimum Gasteiger partial charge on any atom is -0.351 e. The summed E-state index contributed by atoms with van der Waals surface area (Å²) in [5.41, 5.74) is 1.04. The van der Waals surface area contributed by atoms with Crippen LogP contribution in [0.4, 0.5) is 0 Å². The molecule has 8 heteroatoms. The Morgan fingerprint density at radius 1 is 1.19 bits per heavy atom. The zero-order chi connectivity index (χ0) is 18.7. The summed E-state index contributed by atoms with van der Waals surface area (Å²) in [6.07, 6.45) is 0.428. The van der Waals surface area contributed by atoms with Crippen LogP contribution in [-0.4, -0.2) is 56.3 Å². The van der Waals surface area contributed by atoms with Gasteiger partial charge in [0.1, 0.15) is 0 Å². The van der Waals surface area contributed by atoms with Gasteiger partial charge in [-0.1, -0.05) is 30.3 Å². The normalized spacial score (nSPS) is 18.4. The molecule has 2 aromatic rings. The van der Waals surface area contributed by atoms with E-state index >= 15 is 0 Å². The standard InChI is InChI=1S/C18H20N2O4S2/c1-20(11-17(21)19-14-9-10-26(23,24)12-14)18(22)16-8-7-15(25-16)13-5-3-2-4-6-13/h2-8,14H,9-12H2,1H3,(H,19,21). The lowest BCUT2D eigenvalue weighted by molar-refractivity contribution is -0.122. The topological polar surface area (TPSA) is 83.6 Å². The van der Waals surface area contributed by atoms with Gasteiger partial charge in [-0.2, -0.15) is 0 Å². The molecule has 1 N–H and O–H groups in total. The van der Waals surface area contributed by atoms with Crippen molar-refractivity contribution in [1.29, 1.82) is 0 Å². The maximum Gasteiger partial charge on any atom is 0.264 e. The van der Waals surface area contributed by atoms with Gasteiger partial charge in [0, 0.05) is 18.0 Å². The summed E-state index contributed by atoms with van der Waals surface area (Å²) in [5.74, 6) is -0.500. The molecule has 1 aromatic carbocycles. The molecular formula is C18H20N2O4S2. The molecule has 1 aliphatic heterocycles. The molecular weight excluding hydrogens is 372 g/mol. The number of carbonyl (C=O) groups excluding carboxylic acids is 2. The predicted molar refractivity (Wildman–Crippen MR) is 102 cm³/mol. The van der Waals surface area contributed by atoms with Crippen molar-refractivity contribution in [2.24, 2.45) is 0 Å². The van der Waals surface area contributed by atoms with Crippen LogP contribution >= 0.6 is 11.3 Å². The fourth-order valence-corrected chi connectivity index (χ4v) is 5.55. The summed E-state index contributed by atoms with van der Waals surface area (Å²) in [5, 5.41) is 2.69. The molecule has 0 spiro atoms. The molecule has 1 aliphatic rings. The summed E-state index contributed by atoms with van der Waals surface area (Å²) in [7, 11) is -1.48. The molecule has 1 fully saturated rings. The number of amides is 2. The molecule has 1 saturated heterocycles. The van der Waals surface area contributed by atoms with E-state index in [4.69, 9.17) is 0 Å². The van der Waals surface area contributed by atoms with Crippen molar-refractivity contribution in [3.05, 3.63) is 47.3 Å². The fourth-order valence-electron chi connectivity index (χ4n) is 2.87. The number of rotatable bonds is 5. The van der Waals surface area contributed by atoms with Crippen molar-refractivity contribution < 1.29 is 18.0 Å². The molecule has 1 atom stereocenters. The number of hydrogen-bond acceptors (Lipinski definition) is 5. The van der Waals surface area contributed by atoms with Gasteiger partial charge in [-0.3, -0.25) is 9.59 Å². The highest BCUT2D eigenvalue weighted by molar-refractivity contribution is 7.91. The molecule has 1 unspecified atom stereocenters. The molecule has 3 rings (SSSR count). The van der Waals surface area contributed by atoms with Crippen molar-refractivity contribution >= 4 is 33.0 Å². The van der Waals surface area contributed by atoms with Gasteiger partial charge >= 0.3 is 0 Å². The number of likely N-dealkylation sites (N-methyl/N-ethyl adjacent to an activating group) is 1. The van der Waals surface area contributed by atoms with E-state index < -0.39 is 9.84 Å². The third kappa shape index (κ3) is 4.50. The predicted octanol–water partition coefficient (Wildman–Crippen LogP) is 1.79. The van der Waals surface area contributed by atoms with Crippen LogP contribution in [0.3, 0.4) is 0 Å². The van der Waals surface area contributed by atoms with Crippen LogP contribution in [-0.2, 0) is 14.6 Å². The van der Waals surface area contributed by atoms with Crippen molar-refractivity contribution in [2.45, 2.75) is 12.5 Å². The Morgan fingerprint density at radius 3 is 2.58 bits per heavy atom. The first-order valence-corrected chi connectivity index (χ1v) is 10.9. The maximum absolute atomic E-state index is 12.5. The smallest absolute Gasteiger partial charge is 0.264 e. The highest BCUT2D eigenvalue weighted by Gasteiger charge is 2.29. The summed E-state index contributed by atoms with van der Waals surface area (Å²) < 4.78 is 22.9. The highest BCUT2D eigenvalue weighted by Crippen LogP contribution is 2.28. The Balaban J connectivity index is 1.58. The summed E-state index contributed by atoms with van der Waals surface area (Å²) in [6.45, 7) is -0.103. The third-order valence-electron chi connectivity index (χ3n) is 4.20. The van der Waals surface area contributed by atoms with E-state index in [-0.39, 0.29) is 35.9 Å². The van der Waals surface area contributed by atoms with E-state index in [2.05, 4.69) is 5.32 Å². The van der Waals surface area contributed by atoms with Crippen molar-refractivity contribution in [3.63, 3.8) is 0 Å². The minimum atomic E-state index is -3.05. The molecule has 2 heterocycles. The van der Waals surface area contributed by atoms with Gasteiger partial charge in [-0.05, 0) is 24.1 Å². The van der Waals surface area contributed by atoms with Gasteiger partial charge in [-0.25, -0.2) is 8.42 Å². The Bertz CT molecular complexity index is 906. The maximum atomic E-state index is 12.5. The molecule has 2 amide bonds. The van der Waals surface area contributed by atoms with Gasteiger partial charge in [0.25, 0.3) is 5.91 Å². The summed E-state index contributed by atoms with van der Waals surface area (Å²) in [4.78, 5) is 27.5. The first kappa shape index (κ1) is 18.6. The minimum absolute atomic E-state index is 0.0260. The number of thiophene rings is 1. The average Bonchev–Trinajstić information content (AvgIpc) is 3.21. The van der Waals surface area contributed by atoms with E-state index in [1.807, 2.05) is 36.4 Å². The largest absolute Gasteiger partial charge is 0.351 e. The summed E-state index contributed by atoms with van der Waals surface area (Å²) in [6, 6.07) is 13.1. The Labute approximate surface area is 156 Å². The van der Waals surface area contributed by atoms with Gasteiger partial charge in [0.05, 0.1) is 22.9 Å². The molecule has 0 bridgehead atoms. The number of carbonyl (C=O) groups is 2. The van der Waals surface area contributed by atoms with Gasteiger partial charge < -0.3 is 10.2 Å². The van der Waals surface area contributed by atoms with Gasteiger partial charge in [0.2, 0.25) is 5.91 Å². The first-order valence-electron chi connectivity index (χ1n) is 8.24. The van der Waals surface area contributed by atoms with Crippen LogP contribution in [0.5, 0.6) is 0 Å². The Hall–Kier alpha value is -2.19. The SMILES string of the molecule is CN(CC(=O)NC1CCS(=O)(=O)C1)C(=O)c1ccc(-c2ccccc2)s1. The third-order valence-corrected chi connectivity index (χ3v) is 7.09. The van der Waals surface area contributed by atoms with Crippen LogP contribution < -0.4 is 5.32 Å². The fraction of sp³-hybridized carbons (Fsp3) is 0.333.